The zero-order valence-corrected chi connectivity index (χ0v) is 13.1. The summed E-state index contributed by atoms with van der Waals surface area (Å²) in [5.74, 6) is 1.92. The van der Waals surface area contributed by atoms with Crippen LogP contribution in [0.3, 0.4) is 0 Å². The summed E-state index contributed by atoms with van der Waals surface area (Å²) in [6.07, 6.45) is 1.09. The molecule has 23 heavy (non-hydrogen) atoms. The van der Waals surface area contributed by atoms with E-state index in [-0.39, 0.29) is 6.03 Å². The smallest absolute Gasteiger partial charge is 0.315 e. The maximum atomic E-state index is 12.1. The van der Waals surface area contributed by atoms with Crippen LogP contribution in [0.2, 0.25) is 0 Å². The second kappa shape index (κ2) is 5.61. The van der Waals surface area contributed by atoms with Gasteiger partial charge in [-0.05, 0) is 41.2 Å². The Morgan fingerprint density at radius 3 is 2.74 bits per heavy atom. The lowest BCUT2D eigenvalue weighted by Crippen LogP contribution is -2.38. The lowest BCUT2D eigenvalue weighted by Gasteiger charge is -2.11. The largest absolute Gasteiger partial charge is 0.497 e. The Morgan fingerprint density at radius 2 is 1.96 bits per heavy atom. The number of fused-ring (bicyclic) bond motifs is 3. The van der Waals surface area contributed by atoms with Crippen molar-refractivity contribution in [3.63, 3.8) is 0 Å². The van der Waals surface area contributed by atoms with Gasteiger partial charge in [-0.15, -0.1) is 0 Å². The number of carbonyl (C=O) groups is 1. The third kappa shape index (κ3) is 2.65. The zero-order chi connectivity index (χ0) is 15.8. The van der Waals surface area contributed by atoms with Crippen LogP contribution in [0, 0.1) is 5.92 Å². The van der Waals surface area contributed by atoms with Crippen molar-refractivity contribution in [3.8, 4) is 5.75 Å². The molecular weight excluding hydrogens is 288 g/mol. The zero-order valence-electron chi connectivity index (χ0n) is 13.1. The number of nitrogens with one attached hydrogen (secondary N) is 2. The molecule has 1 saturated carbocycles. The minimum Gasteiger partial charge on any atom is -0.497 e. The summed E-state index contributed by atoms with van der Waals surface area (Å²) in [7, 11) is 1.64. The summed E-state index contributed by atoms with van der Waals surface area (Å²) < 4.78 is 5.13. The van der Waals surface area contributed by atoms with E-state index in [9.17, 15) is 4.79 Å². The Bertz CT molecular complexity index is 726. The molecule has 1 fully saturated rings. The monoisotopic (exact) mass is 308 g/mol. The first-order valence-corrected chi connectivity index (χ1v) is 8.01. The van der Waals surface area contributed by atoms with Crippen molar-refractivity contribution in [2.75, 3.05) is 7.11 Å². The molecule has 0 heterocycles. The Hall–Kier alpha value is -2.49. The fourth-order valence-corrected chi connectivity index (χ4v) is 3.68. The molecule has 2 aliphatic rings. The van der Waals surface area contributed by atoms with Crippen LogP contribution in [0.1, 0.15) is 22.6 Å². The van der Waals surface area contributed by atoms with Crippen molar-refractivity contribution in [2.45, 2.75) is 24.9 Å². The number of rotatable bonds is 4. The quantitative estimate of drug-likeness (QED) is 0.912. The molecule has 2 aliphatic carbocycles. The molecule has 2 amide bonds. The first-order chi connectivity index (χ1) is 11.3. The lowest BCUT2D eigenvalue weighted by atomic mass is 10.1. The molecule has 0 aromatic heterocycles. The topological polar surface area (TPSA) is 50.4 Å². The normalized spacial score (nSPS) is 23.6. The molecule has 4 heteroatoms. The fraction of sp³-hybridized carbons (Fsp3) is 0.316. The van der Waals surface area contributed by atoms with Crippen molar-refractivity contribution in [1.82, 2.24) is 10.6 Å². The molecule has 0 bridgehead atoms. The summed E-state index contributed by atoms with van der Waals surface area (Å²) in [6.45, 7) is 0.522. The van der Waals surface area contributed by atoms with Crippen molar-refractivity contribution in [2.24, 2.45) is 5.92 Å². The van der Waals surface area contributed by atoms with Gasteiger partial charge in [-0.2, -0.15) is 0 Å². The van der Waals surface area contributed by atoms with E-state index in [1.807, 2.05) is 24.3 Å². The molecule has 118 valence electrons. The number of carbonyl (C=O) groups excluding carboxylic acids is 1. The number of urea groups is 1. The summed E-state index contributed by atoms with van der Waals surface area (Å²) in [4.78, 5) is 12.1. The van der Waals surface area contributed by atoms with Gasteiger partial charge in [-0.1, -0.05) is 36.4 Å². The summed E-state index contributed by atoms with van der Waals surface area (Å²) in [6, 6.07) is 16.5. The number of benzene rings is 2. The molecule has 0 saturated heterocycles. The molecular formula is C19H20N2O2. The van der Waals surface area contributed by atoms with Crippen LogP contribution in [-0.4, -0.2) is 19.2 Å². The number of ether oxygens (including phenoxy) is 1. The van der Waals surface area contributed by atoms with Gasteiger partial charge < -0.3 is 15.4 Å². The maximum absolute atomic E-state index is 12.1. The highest BCUT2D eigenvalue weighted by molar-refractivity contribution is 5.75. The Balaban J connectivity index is 1.29. The van der Waals surface area contributed by atoms with Gasteiger partial charge in [0.2, 0.25) is 0 Å². The summed E-state index contributed by atoms with van der Waals surface area (Å²) in [5.41, 5.74) is 3.92. The van der Waals surface area contributed by atoms with Crippen molar-refractivity contribution in [3.05, 3.63) is 65.2 Å². The minimum atomic E-state index is -0.0855. The highest BCUT2D eigenvalue weighted by Crippen LogP contribution is 2.56. The van der Waals surface area contributed by atoms with Gasteiger partial charge in [0.15, 0.2) is 0 Å². The lowest BCUT2D eigenvalue weighted by molar-refractivity contribution is 0.239. The van der Waals surface area contributed by atoms with Crippen molar-refractivity contribution in [1.29, 1.82) is 0 Å². The van der Waals surface area contributed by atoms with Gasteiger partial charge in [0, 0.05) is 18.5 Å². The minimum absolute atomic E-state index is 0.0855. The standard InChI is InChI=1S/C19H20N2O2/c1-23-14-8-6-12(7-9-14)11-20-19(22)21-18-16-10-13-4-2-3-5-15(13)17(16)18/h2-9,16-18H,10-11H2,1H3,(H2,20,21,22)/t16-,17+,18+/m0/s1. The highest BCUT2D eigenvalue weighted by Gasteiger charge is 2.56. The van der Waals surface area contributed by atoms with E-state index < -0.39 is 0 Å². The van der Waals surface area contributed by atoms with Crippen molar-refractivity contribution < 1.29 is 9.53 Å². The number of amides is 2. The second-order valence-electron chi connectivity index (χ2n) is 6.29. The van der Waals surface area contributed by atoms with Crippen LogP contribution in [0.15, 0.2) is 48.5 Å². The molecule has 0 unspecified atom stereocenters. The predicted octanol–water partition coefficient (Wildman–Crippen LogP) is 2.83. The van der Waals surface area contributed by atoms with Gasteiger partial charge in [0.05, 0.1) is 7.11 Å². The van der Waals surface area contributed by atoms with Gasteiger partial charge in [-0.25, -0.2) is 4.79 Å². The van der Waals surface area contributed by atoms with Gasteiger partial charge >= 0.3 is 6.03 Å². The van der Waals surface area contributed by atoms with Gasteiger partial charge in [0.1, 0.15) is 5.75 Å². The summed E-state index contributed by atoms with van der Waals surface area (Å²) in [5, 5.41) is 6.05. The van der Waals surface area contributed by atoms with E-state index in [0.29, 0.717) is 24.4 Å². The second-order valence-corrected chi connectivity index (χ2v) is 6.29. The number of hydrogen-bond donors (Lipinski definition) is 2. The first-order valence-electron chi connectivity index (χ1n) is 8.01. The SMILES string of the molecule is COc1ccc(CNC(=O)N[C@@H]2[C@H]3Cc4ccccc4[C@H]32)cc1. The van der Waals surface area contributed by atoms with Crippen LogP contribution in [0.25, 0.3) is 0 Å². The number of hydrogen-bond acceptors (Lipinski definition) is 2. The van der Waals surface area contributed by atoms with Crippen LogP contribution >= 0.6 is 0 Å². The predicted molar refractivity (Wildman–Crippen MR) is 88.5 cm³/mol. The molecule has 0 aliphatic heterocycles. The van der Waals surface area contributed by atoms with E-state index in [4.69, 9.17) is 4.74 Å². The van der Waals surface area contributed by atoms with Gasteiger partial charge in [-0.3, -0.25) is 0 Å². The first kappa shape index (κ1) is 14.1. The van der Waals surface area contributed by atoms with E-state index >= 15 is 0 Å². The van der Waals surface area contributed by atoms with Gasteiger partial charge in [0.25, 0.3) is 0 Å². The fourth-order valence-electron chi connectivity index (χ4n) is 3.68. The van der Waals surface area contributed by atoms with E-state index in [1.54, 1.807) is 7.11 Å². The Kier molecular flexibility index (Phi) is 3.45. The molecule has 3 atom stereocenters. The van der Waals surface area contributed by atoms with Crippen LogP contribution in [0.5, 0.6) is 5.75 Å². The van der Waals surface area contributed by atoms with Crippen LogP contribution in [-0.2, 0) is 13.0 Å². The summed E-state index contributed by atoms with van der Waals surface area (Å²) >= 11 is 0. The molecule has 2 aromatic carbocycles. The average molecular weight is 308 g/mol. The van der Waals surface area contributed by atoms with Crippen LogP contribution in [0.4, 0.5) is 4.79 Å². The van der Waals surface area contributed by atoms with Crippen molar-refractivity contribution >= 4 is 6.03 Å². The maximum Gasteiger partial charge on any atom is 0.315 e. The number of methoxy groups -OCH3 is 1. The van der Waals surface area contributed by atoms with E-state index in [2.05, 4.69) is 34.9 Å². The van der Waals surface area contributed by atoms with E-state index in [1.165, 1.54) is 11.1 Å². The molecule has 4 nitrogen and oxygen atoms in total. The molecule has 2 N–H and O–H groups in total. The Morgan fingerprint density at radius 1 is 1.17 bits per heavy atom. The Labute approximate surface area is 135 Å². The molecule has 4 rings (SSSR count). The third-order valence-corrected chi connectivity index (χ3v) is 4.95. The molecule has 0 radical (unpaired) electrons. The molecule has 2 aromatic rings. The third-order valence-electron chi connectivity index (χ3n) is 4.95. The van der Waals surface area contributed by atoms with E-state index in [0.717, 1.165) is 17.7 Å². The average Bonchev–Trinajstić information content (AvgIpc) is 3.10. The molecule has 0 spiro atoms. The van der Waals surface area contributed by atoms with Crippen LogP contribution < -0.4 is 15.4 Å². The highest BCUT2D eigenvalue weighted by atomic mass is 16.5.